The molecule has 7 heteroatoms. The molecule has 2 aromatic carbocycles. The maximum Gasteiger partial charge on any atom is 0.242 e. The molecule has 0 heterocycles. The van der Waals surface area contributed by atoms with Gasteiger partial charge in [0, 0.05) is 6.04 Å². The molecule has 1 atom stereocenters. The lowest BCUT2D eigenvalue weighted by Gasteiger charge is -2.15. The highest BCUT2D eigenvalue weighted by atomic mass is 35.5. The maximum atomic E-state index is 12.4. The molecule has 21 heavy (non-hydrogen) atoms. The van der Waals surface area contributed by atoms with Crippen molar-refractivity contribution in [3.05, 3.63) is 63.1 Å². The van der Waals surface area contributed by atoms with Crippen molar-refractivity contribution in [2.45, 2.75) is 17.9 Å². The zero-order valence-electron chi connectivity index (χ0n) is 11.0. The van der Waals surface area contributed by atoms with E-state index in [4.69, 9.17) is 34.8 Å². The first-order valence-electron chi connectivity index (χ1n) is 6.03. The van der Waals surface area contributed by atoms with Crippen LogP contribution in [0.1, 0.15) is 18.5 Å². The zero-order chi connectivity index (χ0) is 15.6. The molecule has 3 nitrogen and oxygen atoms in total. The summed E-state index contributed by atoms with van der Waals surface area (Å²) in [6.07, 6.45) is 0. The lowest BCUT2D eigenvalue weighted by molar-refractivity contribution is 0.567. The van der Waals surface area contributed by atoms with Crippen molar-refractivity contribution in [1.29, 1.82) is 0 Å². The first kappa shape index (κ1) is 16.6. The molecule has 0 saturated heterocycles. The molecular formula is C14H12Cl3NO2S. The standard InChI is InChI=1S/C14H12Cl3NO2S/c1-9(10-5-3-2-4-6-10)18-21(19,20)14-8-12(16)11(15)7-13(14)17/h2-9,18H,1H3/t9-/m0/s1. The van der Waals surface area contributed by atoms with Crippen molar-refractivity contribution in [3.63, 3.8) is 0 Å². The molecule has 0 fully saturated rings. The predicted octanol–water partition coefficient (Wildman–Crippen LogP) is 4.69. The topological polar surface area (TPSA) is 46.2 Å². The Morgan fingerprint density at radius 1 is 0.952 bits per heavy atom. The Bertz CT molecular complexity index is 748. The molecule has 0 amide bonds. The Labute approximate surface area is 138 Å². The Morgan fingerprint density at radius 2 is 1.52 bits per heavy atom. The van der Waals surface area contributed by atoms with E-state index in [-0.39, 0.29) is 20.0 Å². The van der Waals surface area contributed by atoms with Crippen LogP contribution in [0.3, 0.4) is 0 Å². The van der Waals surface area contributed by atoms with Gasteiger partial charge in [-0.05, 0) is 24.6 Å². The second-order valence-corrected chi connectivity index (χ2v) is 7.35. The van der Waals surface area contributed by atoms with Gasteiger partial charge in [0.1, 0.15) is 4.90 Å². The number of nitrogens with one attached hydrogen (secondary N) is 1. The summed E-state index contributed by atoms with van der Waals surface area (Å²) in [4.78, 5) is -0.0960. The van der Waals surface area contributed by atoms with E-state index in [0.29, 0.717) is 0 Å². The minimum absolute atomic E-state index is 0.0251. The highest BCUT2D eigenvalue weighted by Gasteiger charge is 2.22. The number of hydrogen-bond donors (Lipinski definition) is 1. The van der Waals surface area contributed by atoms with Gasteiger partial charge in [0.25, 0.3) is 0 Å². The van der Waals surface area contributed by atoms with Gasteiger partial charge in [-0.25, -0.2) is 13.1 Å². The van der Waals surface area contributed by atoms with Gasteiger partial charge in [0.2, 0.25) is 10.0 Å². The SMILES string of the molecule is C[C@H](NS(=O)(=O)c1cc(Cl)c(Cl)cc1Cl)c1ccccc1. The molecule has 0 radical (unpaired) electrons. The van der Waals surface area contributed by atoms with Crippen LogP contribution in [0.2, 0.25) is 15.1 Å². The van der Waals surface area contributed by atoms with Crippen LogP contribution in [0.25, 0.3) is 0 Å². The average molecular weight is 365 g/mol. The predicted molar refractivity (Wildman–Crippen MR) is 86.7 cm³/mol. The second-order valence-electron chi connectivity index (χ2n) is 4.45. The van der Waals surface area contributed by atoms with Crippen molar-refractivity contribution in [2.24, 2.45) is 0 Å². The Balaban J connectivity index is 2.33. The van der Waals surface area contributed by atoms with Gasteiger partial charge >= 0.3 is 0 Å². The molecule has 0 aliphatic rings. The van der Waals surface area contributed by atoms with Crippen LogP contribution in [0, 0.1) is 0 Å². The van der Waals surface area contributed by atoms with E-state index in [0.717, 1.165) is 5.56 Å². The van der Waals surface area contributed by atoms with Crippen LogP contribution in [-0.4, -0.2) is 8.42 Å². The molecule has 2 rings (SSSR count). The third-order valence-corrected chi connectivity index (χ3v) is 5.62. The van der Waals surface area contributed by atoms with E-state index >= 15 is 0 Å². The van der Waals surface area contributed by atoms with Crippen molar-refractivity contribution in [1.82, 2.24) is 4.72 Å². The van der Waals surface area contributed by atoms with Crippen molar-refractivity contribution < 1.29 is 8.42 Å². The molecule has 112 valence electrons. The average Bonchev–Trinajstić information content (AvgIpc) is 2.43. The van der Waals surface area contributed by atoms with Gasteiger partial charge in [-0.1, -0.05) is 65.1 Å². The van der Waals surface area contributed by atoms with Crippen LogP contribution in [-0.2, 0) is 10.0 Å². The Morgan fingerprint density at radius 3 is 2.14 bits per heavy atom. The third-order valence-electron chi connectivity index (χ3n) is 2.90. The Kier molecular flexibility index (Phi) is 5.17. The fourth-order valence-corrected chi connectivity index (χ4v) is 4.05. The Hall–Kier alpha value is -0.780. The van der Waals surface area contributed by atoms with Gasteiger partial charge in [0.05, 0.1) is 15.1 Å². The fourth-order valence-electron chi connectivity index (χ4n) is 1.82. The summed E-state index contributed by atoms with van der Waals surface area (Å²) in [5, 5.41) is 0.364. The van der Waals surface area contributed by atoms with Gasteiger partial charge in [-0.15, -0.1) is 0 Å². The summed E-state index contributed by atoms with van der Waals surface area (Å²) >= 11 is 17.6. The van der Waals surface area contributed by atoms with Gasteiger partial charge in [0.15, 0.2) is 0 Å². The largest absolute Gasteiger partial charge is 0.242 e. The van der Waals surface area contributed by atoms with E-state index in [1.807, 2.05) is 30.3 Å². The van der Waals surface area contributed by atoms with Crippen molar-refractivity contribution in [2.75, 3.05) is 0 Å². The van der Waals surface area contributed by atoms with E-state index in [9.17, 15) is 8.42 Å². The van der Waals surface area contributed by atoms with Crippen LogP contribution in [0.4, 0.5) is 0 Å². The second kappa shape index (κ2) is 6.55. The lowest BCUT2D eigenvalue weighted by Crippen LogP contribution is -2.27. The highest BCUT2D eigenvalue weighted by Crippen LogP contribution is 2.32. The number of halogens is 3. The summed E-state index contributed by atoms with van der Waals surface area (Å²) in [6.45, 7) is 1.75. The quantitative estimate of drug-likeness (QED) is 0.800. The summed E-state index contributed by atoms with van der Waals surface area (Å²) in [7, 11) is -3.80. The van der Waals surface area contributed by atoms with E-state index in [2.05, 4.69) is 4.72 Å². The fraction of sp³-hybridized carbons (Fsp3) is 0.143. The molecule has 0 unspecified atom stereocenters. The first-order valence-corrected chi connectivity index (χ1v) is 8.65. The normalized spacial score (nSPS) is 13.1. The van der Waals surface area contributed by atoms with E-state index in [1.165, 1.54) is 12.1 Å². The molecule has 0 aliphatic heterocycles. The molecule has 0 aromatic heterocycles. The minimum atomic E-state index is -3.80. The van der Waals surface area contributed by atoms with Crippen LogP contribution >= 0.6 is 34.8 Å². The number of sulfonamides is 1. The molecule has 1 N–H and O–H groups in total. The van der Waals surface area contributed by atoms with E-state index in [1.54, 1.807) is 6.92 Å². The molecule has 2 aromatic rings. The minimum Gasteiger partial charge on any atom is -0.207 e. The number of rotatable bonds is 4. The summed E-state index contributed by atoms with van der Waals surface area (Å²) in [5.41, 5.74) is 0.845. The van der Waals surface area contributed by atoms with Crippen LogP contribution in [0.15, 0.2) is 47.4 Å². The highest BCUT2D eigenvalue weighted by molar-refractivity contribution is 7.89. The first-order chi connectivity index (χ1) is 9.81. The van der Waals surface area contributed by atoms with Crippen LogP contribution in [0.5, 0.6) is 0 Å². The smallest absolute Gasteiger partial charge is 0.207 e. The third kappa shape index (κ3) is 3.90. The maximum absolute atomic E-state index is 12.4. The van der Waals surface area contributed by atoms with Crippen molar-refractivity contribution >= 4 is 44.8 Å². The molecule has 0 spiro atoms. The molecular weight excluding hydrogens is 353 g/mol. The van der Waals surface area contributed by atoms with Gasteiger partial charge in [-0.3, -0.25) is 0 Å². The van der Waals surface area contributed by atoms with Gasteiger partial charge < -0.3 is 0 Å². The lowest BCUT2D eigenvalue weighted by atomic mass is 10.1. The molecule has 0 bridgehead atoms. The summed E-state index contributed by atoms with van der Waals surface area (Å²) in [5.74, 6) is 0. The van der Waals surface area contributed by atoms with E-state index < -0.39 is 16.1 Å². The van der Waals surface area contributed by atoms with Crippen LogP contribution < -0.4 is 4.72 Å². The summed E-state index contributed by atoms with van der Waals surface area (Å²) < 4.78 is 27.4. The summed E-state index contributed by atoms with van der Waals surface area (Å²) in [6, 6.07) is 11.4. The molecule has 0 aliphatic carbocycles. The zero-order valence-corrected chi connectivity index (χ0v) is 14.1. The number of benzene rings is 2. The molecule has 0 saturated carbocycles. The monoisotopic (exact) mass is 363 g/mol. The number of hydrogen-bond acceptors (Lipinski definition) is 2. The van der Waals surface area contributed by atoms with Gasteiger partial charge in [-0.2, -0.15) is 0 Å². The van der Waals surface area contributed by atoms with Crippen molar-refractivity contribution in [3.8, 4) is 0 Å².